The Hall–Kier alpha value is -0.0700. The van der Waals surface area contributed by atoms with Crippen molar-refractivity contribution in [2.75, 3.05) is 11.5 Å². The van der Waals surface area contributed by atoms with Crippen LogP contribution in [0, 0.1) is 0 Å². The smallest absolute Gasteiger partial charge is 0.171 e. The minimum Gasteiger partial charge on any atom is -0.171 e. The summed E-state index contributed by atoms with van der Waals surface area (Å²) in [5.74, 6) is -1.76. The molecular formula is C5H6F6S. The van der Waals surface area contributed by atoms with Crippen LogP contribution in [-0.2, 0) is 0 Å². The molecule has 0 radical (unpaired) electrons. The standard InChI is InChI=1S/C5H6F6S/c6-4(7,8)1-2-12-3-5(9,10)11/h1-3H2. The molecule has 7 heteroatoms. The molecule has 0 aliphatic carbocycles. The van der Waals surface area contributed by atoms with Gasteiger partial charge in [-0.2, -0.15) is 38.1 Å². The zero-order chi connectivity index (χ0) is 9.83. The predicted octanol–water partition coefficient (Wildman–Crippen LogP) is 3.23. The number of halogens is 6. The molecular weight excluding hydrogens is 206 g/mol. The lowest BCUT2D eigenvalue weighted by atomic mass is 10.5. The van der Waals surface area contributed by atoms with Crippen molar-refractivity contribution in [2.45, 2.75) is 18.8 Å². The molecule has 0 unspecified atom stereocenters. The van der Waals surface area contributed by atoms with Crippen LogP contribution in [0.15, 0.2) is 0 Å². The fourth-order valence-electron chi connectivity index (χ4n) is 0.376. The van der Waals surface area contributed by atoms with Crippen LogP contribution in [-0.4, -0.2) is 23.9 Å². The maximum Gasteiger partial charge on any atom is 0.397 e. The van der Waals surface area contributed by atoms with Gasteiger partial charge in [-0.05, 0) is 0 Å². The third-order valence-electron chi connectivity index (χ3n) is 0.796. The first kappa shape index (κ1) is 11.9. The van der Waals surface area contributed by atoms with E-state index in [0.717, 1.165) is 0 Å². The number of alkyl halides is 6. The lowest BCUT2D eigenvalue weighted by Crippen LogP contribution is -2.13. The second-order valence-electron chi connectivity index (χ2n) is 2.03. The van der Waals surface area contributed by atoms with Gasteiger partial charge in [-0.25, -0.2) is 0 Å². The molecule has 0 N–H and O–H groups in total. The minimum atomic E-state index is -4.38. The summed E-state index contributed by atoms with van der Waals surface area (Å²) in [6, 6.07) is 0. The molecule has 0 aromatic rings. The van der Waals surface area contributed by atoms with Gasteiger partial charge in [0.15, 0.2) is 0 Å². The van der Waals surface area contributed by atoms with Crippen molar-refractivity contribution in [1.29, 1.82) is 0 Å². The van der Waals surface area contributed by atoms with E-state index in [-0.39, 0.29) is 11.8 Å². The Balaban J connectivity index is 3.35. The van der Waals surface area contributed by atoms with E-state index in [2.05, 4.69) is 0 Å². The average Bonchev–Trinajstić information content (AvgIpc) is 1.76. The summed E-state index contributed by atoms with van der Waals surface area (Å²) in [5.41, 5.74) is 0. The summed E-state index contributed by atoms with van der Waals surface area (Å²) >= 11 is 0.242. The molecule has 0 spiro atoms. The normalized spacial score (nSPS) is 13.5. The fraction of sp³-hybridized carbons (Fsp3) is 1.00. The Labute approximate surface area is 69.3 Å². The van der Waals surface area contributed by atoms with Gasteiger partial charge < -0.3 is 0 Å². The van der Waals surface area contributed by atoms with Crippen LogP contribution in [0.25, 0.3) is 0 Å². The maximum atomic E-state index is 11.4. The monoisotopic (exact) mass is 212 g/mol. The quantitative estimate of drug-likeness (QED) is 0.511. The van der Waals surface area contributed by atoms with Gasteiger partial charge in [0.05, 0.1) is 12.2 Å². The van der Waals surface area contributed by atoms with Crippen molar-refractivity contribution in [3.63, 3.8) is 0 Å². The molecule has 0 aliphatic heterocycles. The molecule has 74 valence electrons. The van der Waals surface area contributed by atoms with Crippen LogP contribution in [0.1, 0.15) is 6.42 Å². The van der Waals surface area contributed by atoms with Crippen molar-refractivity contribution in [3.05, 3.63) is 0 Å². The molecule has 0 aliphatic rings. The summed E-state index contributed by atoms with van der Waals surface area (Å²) in [6.07, 6.45) is -9.91. The van der Waals surface area contributed by atoms with E-state index in [1.807, 2.05) is 0 Å². The topological polar surface area (TPSA) is 0 Å². The highest BCUT2D eigenvalue weighted by Crippen LogP contribution is 2.25. The largest absolute Gasteiger partial charge is 0.397 e. The van der Waals surface area contributed by atoms with Crippen LogP contribution in [0.4, 0.5) is 26.3 Å². The van der Waals surface area contributed by atoms with Crippen molar-refractivity contribution in [2.24, 2.45) is 0 Å². The van der Waals surface area contributed by atoms with Gasteiger partial charge in [0.25, 0.3) is 0 Å². The summed E-state index contributed by atoms with van der Waals surface area (Å²) in [7, 11) is 0. The average molecular weight is 212 g/mol. The van der Waals surface area contributed by atoms with E-state index >= 15 is 0 Å². The Kier molecular flexibility index (Phi) is 4.22. The fourth-order valence-corrected chi connectivity index (χ4v) is 1.13. The van der Waals surface area contributed by atoms with E-state index in [0.29, 0.717) is 0 Å². The highest BCUT2D eigenvalue weighted by atomic mass is 32.2. The van der Waals surface area contributed by atoms with Crippen molar-refractivity contribution in [3.8, 4) is 0 Å². The first-order valence-corrected chi connectivity index (χ1v) is 4.07. The molecule has 0 nitrogen and oxygen atoms in total. The van der Waals surface area contributed by atoms with Crippen LogP contribution in [0.3, 0.4) is 0 Å². The van der Waals surface area contributed by atoms with Gasteiger partial charge in [0, 0.05) is 5.75 Å². The zero-order valence-corrected chi connectivity index (χ0v) is 6.61. The number of hydrogen-bond acceptors (Lipinski definition) is 1. The maximum absolute atomic E-state index is 11.4. The second kappa shape index (κ2) is 4.25. The highest BCUT2D eigenvalue weighted by molar-refractivity contribution is 7.99. The number of rotatable bonds is 3. The van der Waals surface area contributed by atoms with Crippen LogP contribution in [0.5, 0.6) is 0 Å². The Morgan fingerprint density at radius 1 is 0.833 bits per heavy atom. The van der Waals surface area contributed by atoms with Crippen LogP contribution in [0.2, 0.25) is 0 Å². The number of thioether (sulfide) groups is 1. The molecule has 12 heavy (non-hydrogen) atoms. The third kappa shape index (κ3) is 9.93. The van der Waals surface area contributed by atoms with Gasteiger partial charge in [0.1, 0.15) is 0 Å². The SMILES string of the molecule is FC(F)(F)CCSCC(F)(F)F. The van der Waals surface area contributed by atoms with E-state index in [9.17, 15) is 26.3 Å². The summed E-state index contributed by atoms with van der Waals surface area (Å²) in [4.78, 5) is 0. The van der Waals surface area contributed by atoms with E-state index < -0.39 is 30.3 Å². The van der Waals surface area contributed by atoms with Crippen LogP contribution < -0.4 is 0 Å². The highest BCUT2D eigenvalue weighted by Gasteiger charge is 2.30. The minimum absolute atomic E-state index is 0.242. The molecule has 0 bridgehead atoms. The molecule has 0 saturated heterocycles. The summed E-state index contributed by atoms with van der Waals surface area (Å²) < 4.78 is 68.3. The predicted molar refractivity (Wildman–Crippen MR) is 34.1 cm³/mol. The van der Waals surface area contributed by atoms with Crippen LogP contribution >= 0.6 is 11.8 Å². The molecule has 0 rings (SSSR count). The van der Waals surface area contributed by atoms with Crippen molar-refractivity contribution in [1.82, 2.24) is 0 Å². The lowest BCUT2D eigenvalue weighted by Gasteiger charge is -2.07. The first-order valence-electron chi connectivity index (χ1n) is 2.92. The van der Waals surface area contributed by atoms with Gasteiger partial charge in [0.2, 0.25) is 0 Å². The molecule has 0 fully saturated rings. The lowest BCUT2D eigenvalue weighted by molar-refractivity contribution is -0.130. The number of hydrogen-bond donors (Lipinski definition) is 0. The van der Waals surface area contributed by atoms with E-state index in [4.69, 9.17) is 0 Å². The molecule has 0 aromatic heterocycles. The van der Waals surface area contributed by atoms with Gasteiger partial charge in [-0.1, -0.05) is 0 Å². The molecule has 0 aromatic carbocycles. The molecule has 0 amide bonds. The van der Waals surface area contributed by atoms with Crippen molar-refractivity contribution >= 4 is 11.8 Å². The Bertz CT molecular complexity index is 109. The van der Waals surface area contributed by atoms with Gasteiger partial charge in [-0.15, -0.1) is 0 Å². The molecule has 0 heterocycles. The third-order valence-corrected chi connectivity index (χ3v) is 1.82. The molecule has 0 atom stereocenters. The van der Waals surface area contributed by atoms with Crippen molar-refractivity contribution < 1.29 is 26.3 Å². The zero-order valence-electron chi connectivity index (χ0n) is 5.80. The Morgan fingerprint density at radius 3 is 1.67 bits per heavy atom. The van der Waals surface area contributed by atoms with Gasteiger partial charge >= 0.3 is 12.4 Å². The van der Waals surface area contributed by atoms with E-state index in [1.165, 1.54) is 0 Å². The second-order valence-corrected chi connectivity index (χ2v) is 3.14. The summed E-state index contributed by atoms with van der Waals surface area (Å²) in [6.45, 7) is 0. The molecule has 0 saturated carbocycles. The Morgan fingerprint density at radius 2 is 1.33 bits per heavy atom. The first-order chi connectivity index (χ1) is 5.21. The summed E-state index contributed by atoms with van der Waals surface area (Å²) in [5, 5.41) is 0. The van der Waals surface area contributed by atoms with Gasteiger partial charge in [-0.3, -0.25) is 0 Å². The van der Waals surface area contributed by atoms with E-state index in [1.54, 1.807) is 0 Å².